The molecule has 0 bridgehead atoms. The third kappa shape index (κ3) is 5.43. The number of anilines is 1. The molecule has 0 radical (unpaired) electrons. The molecular weight excluding hydrogens is 312 g/mol. The van der Waals surface area contributed by atoms with Crippen molar-refractivity contribution in [3.8, 4) is 0 Å². The Bertz CT molecular complexity index is 596. The van der Waals surface area contributed by atoms with Crippen molar-refractivity contribution in [3.05, 3.63) is 22.9 Å². The fraction of sp³-hybridized carbons (Fsp3) is 0.700. The van der Waals surface area contributed by atoms with Crippen molar-refractivity contribution in [2.75, 3.05) is 38.6 Å². The number of hydrogen-bond donors (Lipinski definition) is 1. The molecule has 1 aliphatic heterocycles. The average Bonchev–Trinajstić information content (AvgIpc) is 2.72. The first-order valence-corrected chi connectivity index (χ1v) is 9.51. The van der Waals surface area contributed by atoms with E-state index < -0.39 is 0 Å². The molecule has 0 aromatic carbocycles. The van der Waals surface area contributed by atoms with E-state index in [0.29, 0.717) is 5.56 Å². The van der Waals surface area contributed by atoms with Crippen LogP contribution in [0.15, 0.2) is 6.07 Å². The predicted molar refractivity (Wildman–Crippen MR) is 104 cm³/mol. The van der Waals surface area contributed by atoms with Crippen LogP contribution in [0.3, 0.4) is 0 Å². The maximum atomic E-state index is 12.6. The van der Waals surface area contributed by atoms with Gasteiger partial charge in [0.15, 0.2) is 0 Å². The largest absolute Gasteiger partial charge is 0.362 e. The molecule has 25 heavy (non-hydrogen) atoms. The molecule has 5 nitrogen and oxygen atoms in total. The molecule has 1 amide bonds. The predicted octanol–water partition coefficient (Wildman–Crippen LogP) is 2.73. The van der Waals surface area contributed by atoms with Crippen LogP contribution in [0.25, 0.3) is 0 Å². The highest BCUT2D eigenvalue weighted by Crippen LogP contribution is 2.23. The summed E-state index contributed by atoms with van der Waals surface area (Å²) in [6.07, 6.45) is 3.16. The van der Waals surface area contributed by atoms with Crippen molar-refractivity contribution in [3.63, 3.8) is 0 Å². The lowest BCUT2D eigenvalue weighted by molar-refractivity contribution is 0.0943. The molecule has 1 aliphatic rings. The number of hydrogen-bond acceptors (Lipinski definition) is 4. The van der Waals surface area contributed by atoms with Gasteiger partial charge in [-0.1, -0.05) is 13.8 Å². The highest BCUT2D eigenvalue weighted by atomic mass is 16.1. The molecule has 2 heterocycles. The number of amides is 1. The van der Waals surface area contributed by atoms with E-state index in [1.165, 1.54) is 12.0 Å². The Morgan fingerprint density at radius 1 is 1.24 bits per heavy atom. The number of fused-ring (bicyclic) bond motifs is 1. The lowest BCUT2D eigenvalue weighted by Crippen LogP contribution is -2.32. The van der Waals surface area contributed by atoms with Crippen LogP contribution in [-0.4, -0.2) is 55.6 Å². The van der Waals surface area contributed by atoms with E-state index >= 15 is 0 Å². The molecule has 140 valence electrons. The molecule has 1 N–H and O–H groups in total. The lowest BCUT2D eigenvalue weighted by Gasteiger charge is -2.20. The smallest absolute Gasteiger partial charge is 0.255 e. The Hall–Kier alpha value is -1.62. The molecule has 1 aromatic rings. The van der Waals surface area contributed by atoms with Crippen molar-refractivity contribution in [2.45, 2.75) is 53.0 Å². The molecule has 0 saturated carbocycles. The standard InChI is InChI=1S/C20H34N4O/c1-14(2)7-10-24-11-8-16-13-17(20(25)21-15(3)4)19(23(5)6)22-18(16)9-12-24/h13-15H,7-12H2,1-6H3,(H,21,25). The number of pyridine rings is 1. The summed E-state index contributed by atoms with van der Waals surface area (Å²) in [7, 11) is 3.90. The Morgan fingerprint density at radius 3 is 2.52 bits per heavy atom. The highest BCUT2D eigenvalue weighted by Gasteiger charge is 2.22. The van der Waals surface area contributed by atoms with Crippen molar-refractivity contribution < 1.29 is 4.79 Å². The fourth-order valence-electron chi connectivity index (χ4n) is 3.18. The summed E-state index contributed by atoms with van der Waals surface area (Å²) in [5, 5.41) is 3.00. The summed E-state index contributed by atoms with van der Waals surface area (Å²) in [6.45, 7) is 11.8. The van der Waals surface area contributed by atoms with Gasteiger partial charge < -0.3 is 15.1 Å². The van der Waals surface area contributed by atoms with Gasteiger partial charge in [-0.2, -0.15) is 0 Å². The summed E-state index contributed by atoms with van der Waals surface area (Å²) in [5.74, 6) is 1.47. The van der Waals surface area contributed by atoms with Crippen molar-refractivity contribution >= 4 is 11.7 Å². The highest BCUT2D eigenvalue weighted by molar-refractivity contribution is 5.99. The molecule has 2 rings (SSSR count). The molecule has 0 unspecified atom stereocenters. The van der Waals surface area contributed by atoms with E-state index in [-0.39, 0.29) is 11.9 Å². The summed E-state index contributed by atoms with van der Waals surface area (Å²) in [5.41, 5.74) is 3.07. The first-order valence-electron chi connectivity index (χ1n) is 9.51. The first kappa shape index (κ1) is 19.7. The Kier molecular flexibility index (Phi) is 6.82. The molecule has 0 saturated heterocycles. The minimum atomic E-state index is -0.0325. The SMILES string of the molecule is CC(C)CCN1CCc2cc(C(=O)NC(C)C)c(N(C)C)nc2CC1. The van der Waals surface area contributed by atoms with Crippen LogP contribution in [-0.2, 0) is 12.8 Å². The Labute approximate surface area is 152 Å². The minimum Gasteiger partial charge on any atom is -0.362 e. The van der Waals surface area contributed by atoms with Crippen molar-refractivity contribution in [1.29, 1.82) is 0 Å². The van der Waals surface area contributed by atoms with Gasteiger partial charge in [0, 0.05) is 45.3 Å². The van der Waals surface area contributed by atoms with E-state index in [2.05, 4.69) is 30.1 Å². The Balaban J connectivity index is 2.23. The molecule has 0 atom stereocenters. The van der Waals surface area contributed by atoms with Gasteiger partial charge in [-0.25, -0.2) is 4.98 Å². The number of nitrogens with one attached hydrogen (secondary N) is 1. The number of aromatic nitrogens is 1. The number of nitrogens with zero attached hydrogens (tertiary/aromatic N) is 3. The summed E-state index contributed by atoms with van der Waals surface area (Å²) < 4.78 is 0. The third-order valence-electron chi connectivity index (χ3n) is 4.64. The van der Waals surface area contributed by atoms with Crippen molar-refractivity contribution in [2.24, 2.45) is 5.92 Å². The van der Waals surface area contributed by atoms with Gasteiger partial charge >= 0.3 is 0 Å². The monoisotopic (exact) mass is 346 g/mol. The lowest BCUT2D eigenvalue weighted by atomic mass is 10.0. The maximum Gasteiger partial charge on any atom is 0.255 e. The van der Waals surface area contributed by atoms with Gasteiger partial charge in [0.1, 0.15) is 5.82 Å². The van der Waals surface area contributed by atoms with Crippen LogP contribution in [0.1, 0.15) is 55.7 Å². The van der Waals surface area contributed by atoms with Crippen LogP contribution in [0.2, 0.25) is 0 Å². The van der Waals surface area contributed by atoms with Crippen LogP contribution < -0.4 is 10.2 Å². The summed E-state index contributed by atoms with van der Waals surface area (Å²) in [6, 6.07) is 2.19. The zero-order valence-electron chi connectivity index (χ0n) is 16.7. The molecule has 0 aliphatic carbocycles. The number of carbonyl (C=O) groups is 1. The molecular formula is C20H34N4O. The number of carbonyl (C=O) groups excluding carboxylic acids is 1. The van der Waals surface area contributed by atoms with E-state index in [4.69, 9.17) is 4.98 Å². The van der Waals surface area contributed by atoms with Gasteiger partial charge in [0.05, 0.1) is 5.56 Å². The molecule has 0 spiro atoms. The topological polar surface area (TPSA) is 48.5 Å². The van der Waals surface area contributed by atoms with Crippen molar-refractivity contribution in [1.82, 2.24) is 15.2 Å². The second-order valence-corrected chi connectivity index (χ2v) is 8.01. The molecule has 0 fully saturated rings. The fourth-order valence-corrected chi connectivity index (χ4v) is 3.18. The van der Waals surface area contributed by atoms with E-state index in [0.717, 1.165) is 49.9 Å². The Morgan fingerprint density at radius 2 is 1.92 bits per heavy atom. The normalized spacial score (nSPS) is 15.2. The number of rotatable bonds is 6. The first-order chi connectivity index (χ1) is 11.8. The maximum absolute atomic E-state index is 12.6. The van der Waals surface area contributed by atoms with Crippen LogP contribution >= 0.6 is 0 Å². The molecule has 5 heteroatoms. The summed E-state index contributed by atoms with van der Waals surface area (Å²) in [4.78, 5) is 21.9. The van der Waals surface area contributed by atoms with Crippen LogP contribution in [0, 0.1) is 5.92 Å². The van der Waals surface area contributed by atoms with E-state index in [9.17, 15) is 4.79 Å². The van der Waals surface area contributed by atoms with E-state index in [1.807, 2.05) is 32.8 Å². The second-order valence-electron chi connectivity index (χ2n) is 8.01. The van der Waals surface area contributed by atoms with Gasteiger partial charge in [0.25, 0.3) is 5.91 Å². The summed E-state index contributed by atoms with van der Waals surface area (Å²) >= 11 is 0. The van der Waals surface area contributed by atoms with Gasteiger partial charge in [-0.05, 0) is 50.8 Å². The second kappa shape index (κ2) is 8.65. The molecule has 1 aromatic heterocycles. The van der Waals surface area contributed by atoms with Gasteiger partial charge in [-0.3, -0.25) is 4.79 Å². The third-order valence-corrected chi connectivity index (χ3v) is 4.64. The van der Waals surface area contributed by atoms with E-state index in [1.54, 1.807) is 0 Å². The van der Waals surface area contributed by atoms with Crippen LogP contribution in [0.5, 0.6) is 0 Å². The minimum absolute atomic E-state index is 0.0325. The van der Waals surface area contributed by atoms with Gasteiger partial charge in [-0.15, -0.1) is 0 Å². The zero-order valence-corrected chi connectivity index (χ0v) is 16.7. The van der Waals surface area contributed by atoms with Crippen LogP contribution in [0.4, 0.5) is 5.82 Å². The quantitative estimate of drug-likeness (QED) is 0.860. The average molecular weight is 347 g/mol. The zero-order chi connectivity index (χ0) is 18.6. The van der Waals surface area contributed by atoms with Gasteiger partial charge in [0.2, 0.25) is 0 Å².